The zero-order valence-corrected chi connectivity index (χ0v) is 14.7. The number of benzene rings is 1. The SMILES string of the molecule is NS(=O)(=O)N(CCn1c(C(=O)O)cc2ccccc21)N1CCCCC1. The van der Waals surface area contributed by atoms with Crippen LogP contribution in [0.1, 0.15) is 29.8 Å². The highest BCUT2D eigenvalue weighted by Crippen LogP contribution is 2.21. The lowest BCUT2D eigenvalue weighted by atomic mass is 10.2. The van der Waals surface area contributed by atoms with E-state index >= 15 is 0 Å². The van der Waals surface area contributed by atoms with Gasteiger partial charge in [-0.25, -0.2) is 14.9 Å². The van der Waals surface area contributed by atoms with Gasteiger partial charge < -0.3 is 9.67 Å². The monoisotopic (exact) mass is 366 g/mol. The summed E-state index contributed by atoms with van der Waals surface area (Å²) in [4.78, 5) is 11.5. The Kier molecular flexibility index (Phi) is 5.09. The first-order valence-corrected chi connectivity index (χ1v) is 9.75. The lowest BCUT2D eigenvalue weighted by Crippen LogP contribution is -2.52. The summed E-state index contributed by atoms with van der Waals surface area (Å²) in [6.07, 6.45) is 2.90. The van der Waals surface area contributed by atoms with E-state index in [-0.39, 0.29) is 18.8 Å². The van der Waals surface area contributed by atoms with Gasteiger partial charge in [0.25, 0.3) is 10.2 Å². The normalized spacial score (nSPS) is 16.6. The average molecular weight is 366 g/mol. The van der Waals surface area contributed by atoms with E-state index in [0.717, 1.165) is 30.2 Å². The largest absolute Gasteiger partial charge is 0.477 e. The Balaban J connectivity index is 1.89. The number of nitrogens with two attached hydrogens (primary N) is 1. The maximum absolute atomic E-state index is 12.0. The summed E-state index contributed by atoms with van der Waals surface area (Å²) in [7, 11) is -3.91. The first kappa shape index (κ1) is 17.9. The number of para-hydroxylation sites is 1. The minimum Gasteiger partial charge on any atom is -0.477 e. The topological polar surface area (TPSA) is 109 Å². The maximum Gasteiger partial charge on any atom is 0.352 e. The molecule has 1 aliphatic rings. The summed E-state index contributed by atoms with van der Waals surface area (Å²) in [5.41, 5.74) is 0.891. The van der Waals surface area contributed by atoms with Gasteiger partial charge >= 0.3 is 5.97 Å². The van der Waals surface area contributed by atoms with Crippen molar-refractivity contribution in [2.45, 2.75) is 25.8 Å². The van der Waals surface area contributed by atoms with Crippen LogP contribution in [0.4, 0.5) is 0 Å². The molecule has 0 atom stereocenters. The van der Waals surface area contributed by atoms with Gasteiger partial charge in [0.2, 0.25) is 0 Å². The van der Waals surface area contributed by atoms with Gasteiger partial charge in [-0.15, -0.1) is 4.41 Å². The number of aromatic carboxylic acids is 1. The Bertz CT molecular complexity index is 871. The van der Waals surface area contributed by atoms with E-state index in [4.69, 9.17) is 5.14 Å². The van der Waals surface area contributed by atoms with Gasteiger partial charge in [-0.1, -0.05) is 24.6 Å². The zero-order chi connectivity index (χ0) is 18.0. The first-order chi connectivity index (χ1) is 11.9. The number of hydrogen-bond donors (Lipinski definition) is 2. The molecule has 3 rings (SSSR count). The molecule has 8 nitrogen and oxygen atoms in total. The highest BCUT2D eigenvalue weighted by atomic mass is 32.2. The van der Waals surface area contributed by atoms with Crippen LogP contribution in [0.15, 0.2) is 30.3 Å². The van der Waals surface area contributed by atoms with Crippen LogP contribution in [-0.2, 0) is 16.8 Å². The number of hydrazine groups is 1. The number of fused-ring (bicyclic) bond motifs is 1. The number of rotatable bonds is 6. The lowest BCUT2D eigenvalue weighted by Gasteiger charge is -2.35. The Hall–Kier alpha value is -1.94. The number of nitrogens with zero attached hydrogens (tertiary/aromatic N) is 3. The smallest absolute Gasteiger partial charge is 0.352 e. The van der Waals surface area contributed by atoms with Gasteiger partial charge in [-0.05, 0) is 25.0 Å². The third-order valence-electron chi connectivity index (χ3n) is 4.49. The molecule has 0 amide bonds. The Morgan fingerprint density at radius 2 is 1.88 bits per heavy atom. The van der Waals surface area contributed by atoms with E-state index in [2.05, 4.69) is 0 Å². The Morgan fingerprint density at radius 3 is 2.52 bits per heavy atom. The molecule has 1 aliphatic heterocycles. The van der Waals surface area contributed by atoms with Crippen molar-refractivity contribution in [3.8, 4) is 0 Å². The molecule has 3 N–H and O–H groups in total. The van der Waals surface area contributed by atoms with Crippen molar-refractivity contribution >= 4 is 27.1 Å². The average Bonchev–Trinajstić information content (AvgIpc) is 2.94. The summed E-state index contributed by atoms with van der Waals surface area (Å²) in [6.45, 7) is 1.57. The highest BCUT2D eigenvalue weighted by Gasteiger charge is 2.27. The summed E-state index contributed by atoms with van der Waals surface area (Å²) in [6, 6.07) is 8.92. The van der Waals surface area contributed by atoms with Crippen LogP contribution in [0.5, 0.6) is 0 Å². The minimum atomic E-state index is -3.91. The second-order valence-corrected chi connectivity index (χ2v) is 7.60. The molecule has 1 saturated heterocycles. The van der Waals surface area contributed by atoms with E-state index in [1.807, 2.05) is 24.3 Å². The van der Waals surface area contributed by atoms with Gasteiger partial charge in [0.05, 0.1) is 0 Å². The van der Waals surface area contributed by atoms with Gasteiger partial charge in [-0.2, -0.15) is 8.42 Å². The van der Waals surface area contributed by atoms with Crippen LogP contribution < -0.4 is 5.14 Å². The van der Waals surface area contributed by atoms with E-state index in [1.54, 1.807) is 15.6 Å². The Labute approximate surface area is 146 Å². The fourth-order valence-electron chi connectivity index (χ4n) is 3.34. The molecule has 136 valence electrons. The molecule has 1 aromatic heterocycles. The summed E-state index contributed by atoms with van der Waals surface area (Å²) >= 11 is 0. The number of hydrogen-bond acceptors (Lipinski definition) is 4. The van der Waals surface area contributed by atoms with Crippen molar-refractivity contribution in [3.63, 3.8) is 0 Å². The third-order valence-corrected chi connectivity index (χ3v) is 5.49. The third kappa shape index (κ3) is 3.84. The van der Waals surface area contributed by atoms with Crippen molar-refractivity contribution in [1.29, 1.82) is 0 Å². The Morgan fingerprint density at radius 1 is 1.20 bits per heavy atom. The molecule has 25 heavy (non-hydrogen) atoms. The summed E-state index contributed by atoms with van der Waals surface area (Å²) < 4.78 is 26.8. The van der Waals surface area contributed by atoms with Crippen LogP contribution in [0.2, 0.25) is 0 Å². The molecule has 0 saturated carbocycles. The van der Waals surface area contributed by atoms with E-state index < -0.39 is 16.2 Å². The van der Waals surface area contributed by atoms with Gasteiger partial charge in [0.15, 0.2) is 0 Å². The van der Waals surface area contributed by atoms with Gasteiger partial charge in [-0.3, -0.25) is 0 Å². The molecule has 2 heterocycles. The minimum absolute atomic E-state index is 0.0950. The van der Waals surface area contributed by atoms with E-state index in [9.17, 15) is 18.3 Å². The lowest BCUT2D eigenvalue weighted by molar-refractivity contribution is 0.0362. The molecule has 0 bridgehead atoms. The number of carboxylic acids is 1. The number of carbonyl (C=O) groups is 1. The molecule has 9 heteroatoms. The predicted molar refractivity (Wildman–Crippen MR) is 94.1 cm³/mol. The second-order valence-electron chi connectivity index (χ2n) is 6.15. The van der Waals surface area contributed by atoms with Crippen molar-refractivity contribution < 1.29 is 18.3 Å². The molecule has 0 aliphatic carbocycles. The van der Waals surface area contributed by atoms with Gasteiger partial charge in [0.1, 0.15) is 5.69 Å². The molecule has 1 fully saturated rings. The van der Waals surface area contributed by atoms with Crippen LogP contribution >= 0.6 is 0 Å². The van der Waals surface area contributed by atoms with E-state index in [0.29, 0.717) is 13.1 Å². The summed E-state index contributed by atoms with van der Waals surface area (Å²) in [5, 5.41) is 17.4. The van der Waals surface area contributed by atoms with E-state index in [1.165, 1.54) is 4.41 Å². The quantitative estimate of drug-likeness (QED) is 0.800. The number of aromatic nitrogens is 1. The van der Waals surface area contributed by atoms with Crippen molar-refractivity contribution in [2.75, 3.05) is 19.6 Å². The second kappa shape index (κ2) is 7.12. The highest BCUT2D eigenvalue weighted by molar-refractivity contribution is 7.86. The molecule has 0 radical (unpaired) electrons. The zero-order valence-electron chi connectivity index (χ0n) is 13.8. The molecule has 0 spiro atoms. The predicted octanol–water partition coefficient (Wildman–Crippen LogP) is 1.25. The first-order valence-electron chi connectivity index (χ1n) is 8.25. The molecule has 0 unspecified atom stereocenters. The molecule has 2 aromatic rings. The molecular formula is C16H22N4O4S. The van der Waals surface area contributed by atoms with Crippen molar-refractivity contribution in [3.05, 3.63) is 36.0 Å². The number of piperidine rings is 1. The number of carboxylic acid groups (broad SMARTS) is 1. The van der Waals surface area contributed by atoms with Crippen LogP contribution in [0.3, 0.4) is 0 Å². The van der Waals surface area contributed by atoms with Gasteiger partial charge in [0, 0.05) is 37.1 Å². The van der Waals surface area contributed by atoms with Crippen molar-refractivity contribution in [1.82, 2.24) is 14.0 Å². The summed E-state index contributed by atoms with van der Waals surface area (Å²) in [5.74, 6) is -1.05. The van der Waals surface area contributed by atoms with Crippen LogP contribution in [0, 0.1) is 0 Å². The standard InChI is InChI=1S/C16H22N4O4S/c17-25(23,24)20(18-8-4-1-5-9-18)11-10-19-14-7-3-2-6-13(14)12-15(19)16(21)22/h2-3,6-7,12H,1,4-5,8-11H2,(H,21,22)(H2,17,23,24). The fourth-order valence-corrected chi connectivity index (χ4v) is 4.17. The fraction of sp³-hybridized carbons (Fsp3) is 0.438. The van der Waals surface area contributed by atoms with Crippen LogP contribution in [-0.4, -0.2) is 53.1 Å². The maximum atomic E-state index is 12.0. The van der Waals surface area contributed by atoms with Crippen molar-refractivity contribution in [2.24, 2.45) is 5.14 Å². The molecule has 1 aromatic carbocycles. The molecular weight excluding hydrogens is 344 g/mol. The van der Waals surface area contributed by atoms with Crippen LogP contribution in [0.25, 0.3) is 10.9 Å².